The molecule has 0 N–H and O–H groups in total. The van der Waals surface area contributed by atoms with E-state index in [0.29, 0.717) is 17.5 Å². The quantitative estimate of drug-likeness (QED) is 0.815. The van der Waals surface area contributed by atoms with Crippen LogP contribution < -0.4 is 0 Å². The first-order chi connectivity index (χ1) is 8.09. The average Bonchev–Trinajstić information content (AvgIpc) is 2.71. The van der Waals surface area contributed by atoms with Gasteiger partial charge in [-0.25, -0.2) is 0 Å². The van der Waals surface area contributed by atoms with Crippen molar-refractivity contribution in [2.75, 3.05) is 6.54 Å². The largest absolute Gasteiger partial charge is 0.340 e. The molecule has 1 aromatic carbocycles. The number of hydrogen-bond donors (Lipinski definition) is 0. The summed E-state index contributed by atoms with van der Waals surface area (Å²) in [6.45, 7) is 3.00. The summed E-state index contributed by atoms with van der Waals surface area (Å²) in [6, 6.07) is 6.01. The number of amides is 1. The molecule has 1 heterocycles. The van der Waals surface area contributed by atoms with Gasteiger partial charge in [-0.05, 0) is 47.3 Å². The first-order valence-corrected chi connectivity index (χ1v) is 6.99. The lowest BCUT2D eigenvalue weighted by atomic mass is 10.1. The number of carbonyl (C=O) groups excluding carboxylic acids is 1. The Morgan fingerprint density at radius 1 is 1.59 bits per heavy atom. The zero-order valence-corrected chi connectivity index (χ0v) is 12.1. The van der Waals surface area contributed by atoms with E-state index in [1.165, 1.54) is 0 Å². The van der Waals surface area contributed by atoms with Gasteiger partial charge in [-0.3, -0.25) is 4.79 Å². The van der Waals surface area contributed by atoms with Crippen molar-refractivity contribution in [1.82, 2.24) is 4.90 Å². The molecule has 0 radical (unpaired) electrons. The van der Waals surface area contributed by atoms with Gasteiger partial charge in [0, 0.05) is 17.1 Å². The molecule has 17 heavy (non-hydrogen) atoms. The lowest BCUT2D eigenvalue weighted by Gasteiger charge is -2.21. The van der Waals surface area contributed by atoms with Gasteiger partial charge >= 0.3 is 0 Å². The van der Waals surface area contributed by atoms with E-state index in [9.17, 15) is 4.79 Å². The van der Waals surface area contributed by atoms with E-state index >= 15 is 0 Å². The van der Waals surface area contributed by atoms with E-state index in [4.69, 9.17) is 11.6 Å². The Bertz CT molecular complexity index is 435. The van der Waals surface area contributed by atoms with Crippen molar-refractivity contribution < 1.29 is 4.79 Å². The average molecular weight is 317 g/mol. The van der Waals surface area contributed by atoms with Gasteiger partial charge in [0.2, 0.25) is 5.91 Å². The van der Waals surface area contributed by atoms with Crippen LogP contribution in [0.3, 0.4) is 0 Å². The van der Waals surface area contributed by atoms with Crippen LogP contribution >= 0.6 is 27.5 Å². The van der Waals surface area contributed by atoms with Crippen molar-refractivity contribution in [3.63, 3.8) is 0 Å². The second-order valence-electron chi connectivity index (χ2n) is 4.47. The Morgan fingerprint density at radius 3 is 3.00 bits per heavy atom. The summed E-state index contributed by atoms with van der Waals surface area (Å²) in [5.74, 6) is 0.193. The van der Waals surface area contributed by atoms with Crippen molar-refractivity contribution in [1.29, 1.82) is 0 Å². The maximum Gasteiger partial charge on any atom is 0.227 e. The molecule has 1 aromatic rings. The van der Waals surface area contributed by atoms with Crippen LogP contribution in [-0.2, 0) is 11.2 Å². The molecule has 1 aliphatic rings. The van der Waals surface area contributed by atoms with E-state index < -0.39 is 0 Å². The minimum Gasteiger partial charge on any atom is -0.340 e. The molecule has 1 saturated heterocycles. The molecular formula is C13H15BrClNO. The predicted octanol–water partition coefficient (Wildman–Crippen LogP) is 3.66. The predicted molar refractivity (Wildman–Crippen MR) is 73.3 cm³/mol. The smallest absolute Gasteiger partial charge is 0.227 e. The fourth-order valence-corrected chi connectivity index (χ4v) is 2.85. The molecule has 0 saturated carbocycles. The van der Waals surface area contributed by atoms with Crippen LogP contribution in [0.25, 0.3) is 0 Å². The van der Waals surface area contributed by atoms with Crippen LogP contribution in [-0.4, -0.2) is 23.4 Å². The van der Waals surface area contributed by atoms with Gasteiger partial charge in [0.05, 0.1) is 11.4 Å². The molecule has 0 spiro atoms. The zero-order chi connectivity index (χ0) is 12.4. The summed E-state index contributed by atoms with van der Waals surface area (Å²) < 4.78 is 0.835. The standard InChI is InChI=1S/C13H15BrClNO/c1-9-4-3-7-16(9)12(17)8-10-5-2-6-11(15)13(10)14/h2,5-6,9H,3-4,7-8H2,1H3/t9-/m0/s1. The van der Waals surface area contributed by atoms with E-state index in [0.717, 1.165) is 29.4 Å². The summed E-state index contributed by atoms with van der Waals surface area (Å²) in [4.78, 5) is 14.1. The Labute approximate surface area is 115 Å². The number of carbonyl (C=O) groups is 1. The molecule has 1 fully saturated rings. The topological polar surface area (TPSA) is 20.3 Å². The van der Waals surface area contributed by atoms with Gasteiger partial charge in [-0.2, -0.15) is 0 Å². The van der Waals surface area contributed by atoms with Gasteiger partial charge in [0.1, 0.15) is 0 Å². The summed E-state index contributed by atoms with van der Waals surface area (Å²) in [7, 11) is 0. The molecule has 1 amide bonds. The summed E-state index contributed by atoms with van der Waals surface area (Å²) in [5.41, 5.74) is 0.960. The molecule has 92 valence electrons. The lowest BCUT2D eigenvalue weighted by molar-refractivity contribution is -0.130. The Balaban J connectivity index is 2.10. The summed E-state index contributed by atoms with van der Waals surface area (Å²) in [5, 5.41) is 0.657. The molecule has 0 unspecified atom stereocenters. The first-order valence-electron chi connectivity index (χ1n) is 5.82. The molecule has 4 heteroatoms. The van der Waals surface area contributed by atoms with Gasteiger partial charge in [-0.1, -0.05) is 23.7 Å². The maximum absolute atomic E-state index is 12.2. The number of halogens is 2. The van der Waals surface area contributed by atoms with Crippen molar-refractivity contribution >= 4 is 33.4 Å². The molecule has 0 aliphatic carbocycles. The van der Waals surface area contributed by atoms with Gasteiger partial charge < -0.3 is 4.90 Å². The van der Waals surface area contributed by atoms with Crippen LogP contribution in [0.15, 0.2) is 22.7 Å². The highest BCUT2D eigenvalue weighted by molar-refractivity contribution is 9.10. The molecular weight excluding hydrogens is 302 g/mol. The third-order valence-electron chi connectivity index (χ3n) is 3.25. The monoisotopic (exact) mass is 315 g/mol. The zero-order valence-electron chi connectivity index (χ0n) is 9.75. The van der Waals surface area contributed by atoms with Crippen LogP contribution in [0.4, 0.5) is 0 Å². The molecule has 2 nitrogen and oxygen atoms in total. The minimum atomic E-state index is 0.193. The maximum atomic E-state index is 12.2. The van der Waals surface area contributed by atoms with Crippen molar-refractivity contribution in [3.8, 4) is 0 Å². The normalized spacial score (nSPS) is 19.7. The van der Waals surface area contributed by atoms with Crippen molar-refractivity contribution in [2.24, 2.45) is 0 Å². The molecule has 0 bridgehead atoms. The second-order valence-corrected chi connectivity index (χ2v) is 5.67. The Hall–Kier alpha value is -0.540. The Morgan fingerprint density at radius 2 is 2.35 bits per heavy atom. The van der Waals surface area contributed by atoms with Crippen molar-refractivity contribution in [3.05, 3.63) is 33.3 Å². The third-order valence-corrected chi connectivity index (χ3v) is 4.73. The van der Waals surface area contributed by atoms with Gasteiger partial charge in [0.25, 0.3) is 0 Å². The third kappa shape index (κ3) is 2.83. The van der Waals surface area contributed by atoms with E-state index in [1.807, 2.05) is 23.1 Å². The highest BCUT2D eigenvalue weighted by Crippen LogP contribution is 2.27. The van der Waals surface area contributed by atoms with Gasteiger partial charge in [-0.15, -0.1) is 0 Å². The fourth-order valence-electron chi connectivity index (χ4n) is 2.25. The number of benzene rings is 1. The van der Waals surface area contributed by atoms with Crippen LogP contribution in [0.1, 0.15) is 25.3 Å². The second kappa shape index (κ2) is 5.40. The number of likely N-dealkylation sites (tertiary alicyclic amines) is 1. The summed E-state index contributed by atoms with van der Waals surface area (Å²) >= 11 is 9.44. The molecule has 1 aliphatic heterocycles. The number of hydrogen-bond acceptors (Lipinski definition) is 1. The van der Waals surface area contributed by atoms with E-state index in [1.54, 1.807) is 0 Å². The fraction of sp³-hybridized carbons (Fsp3) is 0.462. The first kappa shape index (κ1) is 12.9. The molecule has 2 rings (SSSR count). The summed E-state index contributed by atoms with van der Waals surface area (Å²) in [6.07, 6.45) is 2.65. The number of nitrogens with zero attached hydrogens (tertiary/aromatic N) is 1. The lowest BCUT2D eigenvalue weighted by Crippen LogP contribution is -2.34. The highest BCUT2D eigenvalue weighted by Gasteiger charge is 2.25. The van der Waals surface area contributed by atoms with Crippen LogP contribution in [0.2, 0.25) is 5.02 Å². The SMILES string of the molecule is C[C@H]1CCCN1C(=O)Cc1cccc(Cl)c1Br. The van der Waals surface area contributed by atoms with Crippen molar-refractivity contribution in [2.45, 2.75) is 32.2 Å². The van der Waals surface area contributed by atoms with Gasteiger partial charge in [0.15, 0.2) is 0 Å². The molecule has 0 aromatic heterocycles. The Kier molecular flexibility index (Phi) is 4.10. The van der Waals surface area contributed by atoms with Crippen LogP contribution in [0, 0.1) is 0 Å². The number of rotatable bonds is 2. The minimum absolute atomic E-state index is 0.193. The molecule has 1 atom stereocenters. The highest BCUT2D eigenvalue weighted by atomic mass is 79.9. The van der Waals surface area contributed by atoms with Crippen LogP contribution in [0.5, 0.6) is 0 Å². The van der Waals surface area contributed by atoms with E-state index in [-0.39, 0.29) is 5.91 Å². The van der Waals surface area contributed by atoms with E-state index in [2.05, 4.69) is 22.9 Å².